The van der Waals surface area contributed by atoms with Gasteiger partial charge in [-0.05, 0) is 55.0 Å². The molecule has 0 aliphatic rings. The maximum absolute atomic E-state index is 14.4. The number of carbonyl (C=O) groups excluding carboxylic acids is 3. The summed E-state index contributed by atoms with van der Waals surface area (Å²) >= 11 is 0.824. The summed E-state index contributed by atoms with van der Waals surface area (Å²) in [5, 5.41) is 5.72. The average Bonchev–Trinajstić information content (AvgIpc) is 3.11. The van der Waals surface area contributed by atoms with Crippen LogP contribution in [0.25, 0.3) is 6.08 Å². The third kappa shape index (κ3) is 9.19. The molecule has 3 amide bonds. The molecule has 0 radical (unpaired) electrons. The van der Waals surface area contributed by atoms with Crippen LogP contribution in [0.2, 0.25) is 0 Å². The van der Waals surface area contributed by atoms with Gasteiger partial charge in [-0.15, -0.1) is 11.8 Å². The van der Waals surface area contributed by atoms with Crippen LogP contribution in [-0.2, 0) is 15.8 Å². The number of ether oxygens (including phenoxy) is 2. The Balaban J connectivity index is 1.57. The van der Waals surface area contributed by atoms with Crippen LogP contribution in [0.1, 0.15) is 34.8 Å². The van der Waals surface area contributed by atoms with Gasteiger partial charge in [0.1, 0.15) is 28.4 Å². The normalized spacial score (nSPS) is 12.2. The molecule has 0 spiro atoms. The van der Waals surface area contributed by atoms with Gasteiger partial charge in [-0.2, -0.15) is 13.2 Å². The molecule has 0 fully saturated rings. The summed E-state index contributed by atoms with van der Waals surface area (Å²) in [6.07, 6.45) is -4.37. The van der Waals surface area contributed by atoms with Crippen molar-refractivity contribution in [2.75, 3.05) is 24.9 Å². The van der Waals surface area contributed by atoms with E-state index < -0.39 is 63.7 Å². The molecule has 0 aromatic heterocycles. The van der Waals surface area contributed by atoms with Crippen molar-refractivity contribution < 1.29 is 54.6 Å². The van der Waals surface area contributed by atoms with E-state index in [-0.39, 0.29) is 23.4 Å². The number of alkyl halides is 3. The first-order chi connectivity index (χ1) is 24.2. The van der Waals surface area contributed by atoms with Crippen LogP contribution in [0.3, 0.4) is 0 Å². The van der Waals surface area contributed by atoms with Gasteiger partial charge in [-0.25, -0.2) is 17.6 Å². The molecule has 4 aromatic carbocycles. The van der Waals surface area contributed by atoms with Gasteiger partial charge >= 0.3 is 6.18 Å². The third-order valence-electron chi connectivity index (χ3n) is 7.10. The van der Waals surface area contributed by atoms with Crippen molar-refractivity contribution >= 4 is 46.9 Å². The number of hydrogen-bond donors (Lipinski definition) is 3. The Morgan fingerprint density at radius 1 is 0.824 bits per heavy atom. The Labute approximate surface area is 291 Å². The van der Waals surface area contributed by atoms with Crippen molar-refractivity contribution in [1.82, 2.24) is 5.32 Å². The molecule has 1 atom stereocenters. The van der Waals surface area contributed by atoms with E-state index in [9.17, 15) is 45.1 Å². The Hall–Kier alpha value is -5.51. The first-order valence-corrected chi connectivity index (χ1v) is 15.7. The standard InChI is InChI=1S/C35H28F7N3O5S/c1-4-25(34(48)45-31-29(38)27(36)26(35(40,41)42)28(37)30(31)39)51-22-12-8-11-20(16-22)43-33(47)23(44-32(46)18-9-6-5-7-10-18)15-19-13-14-21(49-2)17-24(19)50-3/h5-17,25H,4H2,1-3H3,(H,43,47)(H,44,46)(H,45,48)/b23-15+. The van der Waals surface area contributed by atoms with Gasteiger partial charge in [0.25, 0.3) is 11.8 Å². The lowest BCUT2D eigenvalue weighted by atomic mass is 10.1. The number of amides is 3. The van der Waals surface area contributed by atoms with E-state index in [0.29, 0.717) is 22.0 Å². The second-order valence-electron chi connectivity index (χ2n) is 10.5. The van der Waals surface area contributed by atoms with E-state index in [2.05, 4.69) is 10.6 Å². The second-order valence-corrected chi connectivity index (χ2v) is 11.8. The van der Waals surface area contributed by atoms with E-state index in [0.717, 1.165) is 11.8 Å². The number of halogens is 7. The number of anilines is 2. The first kappa shape index (κ1) is 38.3. The zero-order valence-corrected chi connectivity index (χ0v) is 27.7. The second kappa shape index (κ2) is 16.5. The van der Waals surface area contributed by atoms with Crippen LogP contribution >= 0.6 is 11.8 Å². The highest BCUT2D eigenvalue weighted by molar-refractivity contribution is 8.00. The molecule has 0 saturated carbocycles. The molecular formula is C35H28F7N3O5S. The summed E-state index contributed by atoms with van der Waals surface area (Å²) in [7, 11) is 2.88. The van der Waals surface area contributed by atoms with Gasteiger partial charge in [0.05, 0.1) is 19.5 Å². The summed E-state index contributed by atoms with van der Waals surface area (Å²) in [6.45, 7) is 1.50. The fraction of sp³-hybridized carbons (Fsp3) is 0.171. The molecule has 0 aliphatic heterocycles. The van der Waals surface area contributed by atoms with E-state index in [4.69, 9.17) is 9.47 Å². The van der Waals surface area contributed by atoms with E-state index in [1.54, 1.807) is 53.8 Å². The van der Waals surface area contributed by atoms with Crippen LogP contribution in [0, 0.1) is 23.3 Å². The monoisotopic (exact) mass is 735 g/mol. The minimum atomic E-state index is -5.74. The molecule has 51 heavy (non-hydrogen) atoms. The predicted octanol–water partition coefficient (Wildman–Crippen LogP) is 8.20. The number of carbonyl (C=O) groups is 3. The highest BCUT2D eigenvalue weighted by atomic mass is 32.2. The summed E-state index contributed by atoms with van der Waals surface area (Å²) in [5.41, 5.74) is -3.80. The number of methoxy groups -OCH3 is 2. The maximum Gasteiger partial charge on any atom is 0.422 e. The van der Waals surface area contributed by atoms with Gasteiger partial charge in [0.15, 0.2) is 23.3 Å². The van der Waals surface area contributed by atoms with Crippen molar-refractivity contribution in [1.29, 1.82) is 0 Å². The molecule has 4 aromatic rings. The quantitative estimate of drug-likeness (QED) is 0.0587. The van der Waals surface area contributed by atoms with Crippen LogP contribution in [0.15, 0.2) is 83.4 Å². The summed E-state index contributed by atoms with van der Waals surface area (Å²) in [4.78, 5) is 39.9. The number of rotatable bonds is 12. The molecule has 3 N–H and O–H groups in total. The first-order valence-electron chi connectivity index (χ1n) is 14.8. The SMILES string of the molecule is CCC(Sc1cccc(NC(=O)/C(=C\c2ccc(OC)cc2OC)NC(=O)c2ccccc2)c1)C(=O)Nc1c(F)c(F)c(C(F)(F)F)c(F)c1F. The minimum Gasteiger partial charge on any atom is -0.497 e. The Bertz CT molecular complexity index is 1940. The van der Waals surface area contributed by atoms with Crippen LogP contribution in [-0.4, -0.2) is 37.2 Å². The summed E-state index contributed by atoms with van der Waals surface area (Å²) < 4.78 is 107. The summed E-state index contributed by atoms with van der Waals surface area (Å²) in [5.74, 6) is -12.0. The van der Waals surface area contributed by atoms with Crippen molar-refractivity contribution in [3.63, 3.8) is 0 Å². The van der Waals surface area contributed by atoms with Gasteiger partial charge in [-0.3, -0.25) is 14.4 Å². The van der Waals surface area contributed by atoms with Crippen molar-refractivity contribution in [2.45, 2.75) is 29.7 Å². The lowest BCUT2D eigenvalue weighted by Gasteiger charge is -2.18. The minimum absolute atomic E-state index is 0.00990. The summed E-state index contributed by atoms with van der Waals surface area (Å²) in [6, 6.07) is 18.9. The zero-order chi connectivity index (χ0) is 37.5. The van der Waals surface area contributed by atoms with Gasteiger partial charge < -0.3 is 25.4 Å². The predicted molar refractivity (Wildman–Crippen MR) is 176 cm³/mol. The number of thioether (sulfide) groups is 1. The molecule has 0 aliphatic carbocycles. The Morgan fingerprint density at radius 2 is 1.49 bits per heavy atom. The van der Waals surface area contributed by atoms with E-state index in [1.807, 2.05) is 0 Å². The molecule has 0 saturated heterocycles. The zero-order valence-electron chi connectivity index (χ0n) is 26.9. The van der Waals surface area contributed by atoms with Crippen molar-refractivity contribution in [3.8, 4) is 11.5 Å². The molecule has 4 rings (SSSR count). The third-order valence-corrected chi connectivity index (χ3v) is 8.46. The molecule has 268 valence electrons. The fourth-order valence-electron chi connectivity index (χ4n) is 4.56. The average molecular weight is 736 g/mol. The highest BCUT2D eigenvalue weighted by Gasteiger charge is 2.42. The van der Waals surface area contributed by atoms with Crippen LogP contribution in [0.5, 0.6) is 11.5 Å². The molecule has 0 heterocycles. The topological polar surface area (TPSA) is 106 Å². The van der Waals surface area contributed by atoms with Gasteiger partial charge in [-0.1, -0.05) is 31.2 Å². The molecule has 0 bridgehead atoms. The lowest BCUT2D eigenvalue weighted by Crippen LogP contribution is -2.30. The van der Waals surface area contributed by atoms with Crippen LogP contribution < -0.4 is 25.4 Å². The van der Waals surface area contributed by atoms with E-state index in [1.165, 1.54) is 51.5 Å². The van der Waals surface area contributed by atoms with E-state index >= 15 is 0 Å². The lowest BCUT2D eigenvalue weighted by molar-refractivity contribution is -0.143. The van der Waals surface area contributed by atoms with Gasteiger partial charge in [0, 0.05) is 27.8 Å². The highest BCUT2D eigenvalue weighted by Crippen LogP contribution is 2.39. The number of hydrogen-bond acceptors (Lipinski definition) is 6. The Kier molecular flexibility index (Phi) is 12.4. The van der Waals surface area contributed by atoms with Crippen LogP contribution in [0.4, 0.5) is 42.1 Å². The smallest absolute Gasteiger partial charge is 0.422 e. The molecule has 8 nitrogen and oxygen atoms in total. The molecular weight excluding hydrogens is 707 g/mol. The number of benzene rings is 4. The molecule has 16 heteroatoms. The van der Waals surface area contributed by atoms with Crippen molar-refractivity contribution in [2.24, 2.45) is 0 Å². The number of nitrogens with one attached hydrogen (secondary N) is 3. The maximum atomic E-state index is 14.4. The fourth-order valence-corrected chi connectivity index (χ4v) is 5.58. The van der Waals surface area contributed by atoms with Crippen molar-refractivity contribution in [3.05, 3.63) is 118 Å². The Morgan fingerprint density at radius 3 is 2.08 bits per heavy atom. The van der Waals surface area contributed by atoms with Gasteiger partial charge in [0.2, 0.25) is 5.91 Å². The largest absolute Gasteiger partial charge is 0.497 e. The molecule has 1 unspecified atom stereocenters.